The van der Waals surface area contributed by atoms with Gasteiger partial charge in [0.1, 0.15) is 0 Å². The molecule has 3 aromatic rings. The molecule has 3 heteroatoms. The third kappa shape index (κ3) is 7.45. The van der Waals surface area contributed by atoms with Crippen LogP contribution in [-0.4, -0.2) is 16.9 Å². The Labute approximate surface area is 161 Å². The molecule has 0 aliphatic heterocycles. The van der Waals surface area contributed by atoms with E-state index in [1.165, 1.54) is 16.5 Å². The molecular weight excluding hydrogens is 336 g/mol. The highest BCUT2D eigenvalue weighted by molar-refractivity contribution is 5.98. The zero-order chi connectivity index (χ0) is 18.9. The van der Waals surface area contributed by atoms with E-state index in [-0.39, 0.29) is 19.6 Å². The van der Waals surface area contributed by atoms with Crippen LogP contribution in [0, 0.1) is 6.92 Å². The number of hydrogen-bond donors (Lipinski definition) is 1. The smallest absolute Gasteiger partial charge is 0.303 e. The predicted octanol–water partition coefficient (Wildman–Crippen LogP) is 6.08. The lowest BCUT2D eigenvalue weighted by Crippen LogP contribution is -1.95. The molecule has 27 heavy (non-hydrogen) atoms. The number of carbonyl (C=O) groups is 2. The average Bonchev–Trinajstić information content (AvgIpc) is 2.63. The van der Waals surface area contributed by atoms with E-state index in [0.717, 1.165) is 23.8 Å². The Balaban J connectivity index is 0.000000260. The molecule has 0 amide bonds. The maximum absolute atomic E-state index is 11.1. The summed E-state index contributed by atoms with van der Waals surface area (Å²) in [4.78, 5) is 21.3. The van der Waals surface area contributed by atoms with Gasteiger partial charge in [0.2, 0.25) is 0 Å². The van der Waals surface area contributed by atoms with E-state index >= 15 is 0 Å². The number of aliphatic carboxylic acids is 1. The quantitative estimate of drug-likeness (QED) is 0.558. The molecule has 0 aromatic heterocycles. The second-order valence-electron chi connectivity index (χ2n) is 6.35. The molecule has 0 radical (unpaired) electrons. The largest absolute Gasteiger partial charge is 0.481 e. The lowest BCUT2D eigenvalue weighted by molar-refractivity contribution is -0.137. The predicted molar refractivity (Wildman–Crippen MR) is 112 cm³/mol. The van der Waals surface area contributed by atoms with Gasteiger partial charge in [0, 0.05) is 12.0 Å². The van der Waals surface area contributed by atoms with Crippen LogP contribution in [0.2, 0.25) is 0 Å². The summed E-state index contributed by atoms with van der Waals surface area (Å²) in [6, 6.07) is 22.0. The van der Waals surface area contributed by atoms with Gasteiger partial charge in [-0.2, -0.15) is 0 Å². The van der Waals surface area contributed by atoms with Crippen molar-refractivity contribution in [2.75, 3.05) is 0 Å². The monoisotopic (exact) mass is 364 g/mol. The number of hydrogen-bond acceptors (Lipinski definition) is 2. The first-order valence-electron chi connectivity index (χ1n) is 8.73. The van der Waals surface area contributed by atoms with Crippen molar-refractivity contribution >= 4 is 22.5 Å². The fraction of sp³-hybridized carbons (Fsp3) is 0.250. The molecule has 0 unspecified atom stereocenters. The first-order chi connectivity index (χ1) is 12.5. The van der Waals surface area contributed by atoms with Crippen molar-refractivity contribution in [1.29, 1.82) is 0 Å². The van der Waals surface area contributed by atoms with Crippen molar-refractivity contribution in [3.8, 4) is 0 Å². The molecule has 0 heterocycles. The van der Waals surface area contributed by atoms with Crippen LogP contribution in [0.1, 0.15) is 48.7 Å². The summed E-state index contributed by atoms with van der Waals surface area (Å²) in [7, 11) is 0. The fourth-order valence-corrected chi connectivity index (χ4v) is 2.61. The van der Waals surface area contributed by atoms with Gasteiger partial charge in [0.15, 0.2) is 5.78 Å². The Morgan fingerprint density at radius 3 is 2.11 bits per heavy atom. The van der Waals surface area contributed by atoms with Crippen molar-refractivity contribution in [3.05, 3.63) is 83.4 Å². The molecule has 0 spiro atoms. The SMILES string of the molecule is C.CC(=O)c1ccc2ccccc2c1.Cc1ccc(CCCC(=O)O)cc1. The average molecular weight is 364 g/mol. The zero-order valence-electron chi connectivity index (χ0n) is 15.2. The summed E-state index contributed by atoms with van der Waals surface area (Å²) in [5.74, 6) is -0.599. The molecule has 0 fully saturated rings. The highest BCUT2D eigenvalue weighted by Crippen LogP contribution is 2.15. The second-order valence-corrected chi connectivity index (χ2v) is 6.35. The van der Waals surface area contributed by atoms with Crippen LogP contribution in [-0.2, 0) is 11.2 Å². The highest BCUT2D eigenvalue weighted by atomic mass is 16.4. The Kier molecular flexibility index (Phi) is 8.94. The molecule has 1 N–H and O–H groups in total. The molecule has 142 valence electrons. The topological polar surface area (TPSA) is 54.4 Å². The highest BCUT2D eigenvalue weighted by Gasteiger charge is 1.99. The third-order valence-electron chi connectivity index (χ3n) is 4.13. The molecule has 0 saturated heterocycles. The van der Waals surface area contributed by atoms with Crippen LogP contribution in [0.5, 0.6) is 0 Å². The minimum Gasteiger partial charge on any atom is -0.481 e. The number of benzene rings is 3. The van der Waals surface area contributed by atoms with Crippen LogP contribution < -0.4 is 0 Å². The number of carboxylic acid groups (broad SMARTS) is 1. The maximum Gasteiger partial charge on any atom is 0.303 e. The third-order valence-corrected chi connectivity index (χ3v) is 4.13. The van der Waals surface area contributed by atoms with Gasteiger partial charge in [-0.1, -0.05) is 73.7 Å². The van der Waals surface area contributed by atoms with Gasteiger partial charge in [-0.3, -0.25) is 9.59 Å². The molecular formula is C24H28O3. The van der Waals surface area contributed by atoms with Crippen molar-refractivity contribution in [2.45, 2.75) is 40.5 Å². The second kappa shape index (κ2) is 10.9. The number of rotatable bonds is 5. The lowest BCUT2D eigenvalue weighted by Gasteiger charge is -1.99. The Morgan fingerprint density at radius 1 is 0.889 bits per heavy atom. The molecule has 0 aliphatic rings. The number of ketones is 1. The summed E-state index contributed by atoms with van der Waals surface area (Å²) in [5, 5.41) is 10.7. The zero-order valence-corrected chi connectivity index (χ0v) is 15.2. The van der Waals surface area contributed by atoms with Gasteiger partial charge in [0.25, 0.3) is 0 Å². The van der Waals surface area contributed by atoms with E-state index < -0.39 is 5.97 Å². The van der Waals surface area contributed by atoms with Gasteiger partial charge in [-0.25, -0.2) is 0 Å². The summed E-state index contributed by atoms with van der Waals surface area (Å²) >= 11 is 0. The van der Waals surface area contributed by atoms with Gasteiger partial charge in [-0.05, 0) is 49.1 Å². The molecule has 0 atom stereocenters. The molecule has 3 aromatic carbocycles. The van der Waals surface area contributed by atoms with E-state index in [1.807, 2.05) is 49.4 Å². The van der Waals surface area contributed by atoms with Crippen molar-refractivity contribution < 1.29 is 14.7 Å². The van der Waals surface area contributed by atoms with Crippen molar-refractivity contribution in [1.82, 2.24) is 0 Å². The first-order valence-corrected chi connectivity index (χ1v) is 8.73. The Bertz CT molecular complexity index is 880. The Morgan fingerprint density at radius 2 is 1.52 bits per heavy atom. The molecule has 0 saturated carbocycles. The van der Waals surface area contributed by atoms with Crippen LogP contribution in [0.3, 0.4) is 0 Å². The lowest BCUT2D eigenvalue weighted by atomic mass is 10.1. The summed E-state index contributed by atoms with van der Waals surface area (Å²) in [6.07, 6.45) is 1.83. The minimum atomic E-state index is -0.716. The van der Waals surface area contributed by atoms with Crippen LogP contribution in [0.25, 0.3) is 10.8 Å². The van der Waals surface area contributed by atoms with Crippen molar-refractivity contribution in [3.63, 3.8) is 0 Å². The van der Waals surface area contributed by atoms with E-state index in [2.05, 4.69) is 24.3 Å². The summed E-state index contributed by atoms with van der Waals surface area (Å²) in [6.45, 7) is 3.63. The first kappa shape index (κ1) is 22.1. The van der Waals surface area contributed by atoms with Crippen molar-refractivity contribution in [2.24, 2.45) is 0 Å². The van der Waals surface area contributed by atoms with Gasteiger partial charge in [0.05, 0.1) is 0 Å². The number of fused-ring (bicyclic) bond motifs is 1. The number of carbonyl (C=O) groups excluding carboxylic acids is 1. The molecule has 3 nitrogen and oxygen atoms in total. The van der Waals surface area contributed by atoms with E-state index in [1.54, 1.807) is 6.92 Å². The standard InChI is InChI=1S/C12H10O.C11H14O2.CH4/c1-9(13)11-7-6-10-4-2-3-5-12(10)8-11;1-9-5-7-10(8-6-9)3-2-4-11(12)13;/h2-8H,1H3;5-8H,2-4H2,1H3,(H,12,13);1H4. The van der Waals surface area contributed by atoms with E-state index in [9.17, 15) is 9.59 Å². The summed E-state index contributed by atoms with van der Waals surface area (Å²) in [5.41, 5.74) is 3.23. The summed E-state index contributed by atoms with van der Waals surface area (Å²) < 4.78 is 0. The molecule has 0 bridgehead atoms. The molecule has 0 aliphatic carbocycles. The Hall–Kier alpha value is -2.94. The number of Topliss-reactive ketones (excluding diaryl/α,β-unsaturated/α-hetero) is 1. The van der Waals surface area contributed by atoms with Crippen LogP contribution in [0.4, 0.5) is 0 Å². The van der Waals surface area contributed by atoms with Gasteiger partial charge in [-0.15, -0.1) is 0 Å². The van der Waals surface area contributed by atoms with Gasteiger partial charge >= 0.3 is 5.97 Å². The minimum absolute atomic E-state index is 0. The fourth-order valence-electron chi connectivity index (χ4n) is 2.61. The number of carboxylic acids is 1. The van der Waals surface area contributed by atoms with Crippen LogP contribution in [0.15, 0.2) is 66.7 Å². The normalized spacial score (nSPS) is 9.70. The maximum atomic E-state index is 11.1. The van der Waals surface area contributed by atoms with Crippen LogP contribution >= 0.6 is 0 Å². The van der Waals surface area contributed by atoms with E-state index in [4.69, 9.17) is 5.11 Å². The molecule has 3 rings (SSSR count). The van der Waals surface area contributed by atoms with Gasteiger partial charge < -0.3 is 5.11 Å². The van der Waals surface area contributed by atoms with E-state index in [0.29, 0.717) is 0 Å². The number of aryl methyl sites for hydroxylation is 2.